The van der Waals surface area contributed by atoms with Crippen LogP contribution in [-0.2, 0) is 12.5 Å². The minimum absolute atomic E-state index is 0.247. The highest BCUT2D eigenvalue weighted by Gasteiger charge is 2.30. The van der Waals surface area contributed by atoms with E-state index in [1.54, 1.807) is 6.07 Å². The van der Waals surface area contributed by atoms with Crippen molar-refractivity contribution in [2.24, 2.45) is 0 Å². The van der Waals surface area contributed by atoms with E-state index in [0.717, 1.165) is 24.1 Å². The van der Waals surface area contributed by atoms with Gasteiger partial charge in [0.1, 0.15) is 0 Å². The van der Waals surface area contributed by atoms with Crippen LogP contribution in [0.4, 0.5) is 0 Å². The third kappa shape index (κ3) is 3.42. The van der Waals surface area contributed by atoms with E-state index in [1.165, 1.54) is 5.56 Å². The van der Waals surface area contributed by atoms with Gasteiger partial charge in [-0.2, -0.15) is 0 Å². The Morgan fingerprint density at radius 3 is 2.39 bits per heavy atom. The van der Waals surface area contributed by atoms with Gasteiger partial charge in [-0.25, -0.2) is 0 Å². The first kappa shape index (κ1) is 15.7. The number of carbonyl (C=O) groups excluding carboxylic acids is 2. The van der Waals surface area contributed by atoms with Crippen molar-refractivity contribution < 1.29 is 9.59 Å². The van der Waals surface area contributed by atoms with Gasteiger partial charge in [0.25, 0.3) is 11.8 Å². The van der Waals surface area contributed by atoms with Crippen molar-refractivity contribution in [3.8, 4) is 0 Å². The molecule has 0 radical (unpaired) electrons. The van der Waals surface area contributed by atoms with E-state index in [4.69, 9.17) is 0 Å². The number of rotatable bonds is 5. The second kappa shape index (κ2) is 6.12. The number of nitrogens with one attached hydrogen (secondary N) is 1. The Bertz CT molecular complexity index is 753. The molecule has 118 valence electrons. The van der Waals surface area contributed by atoms with E-state index in [-0.39, 0.29) is 11.8 Å². The summed E-state index contributed by atoms with van der Waals surface area (Å²) in [5.41, 5.74) is 3.49. The highest BCUT2D eigenvalue weighted by molar-refractivity contribution is 6.76. The maximum atomic E-state index is 12.0. The summed E-state index contributed by atoms with van der Waals surface area (Å²) in [4.78, 5) is 23.7. The van der Waals surface area contributed by atoms with Crippen LogP contribution < -0.4 is 5.32 Å². The fraction of sp³-hybridized carbons (Fsp3) is 0.263. The van der Waals surface area contributed by atoms with Crippen LogP contribution in [0, 0.1) is 0 Å². The Morgan fingerprint density at radius 1 is 0.913 bits per heavy atom. The van der Waals surface area contributed by atoms with Crippen molar-refractivity contribution in [3.05, 3.63) is 70.8 Å². The van der Waals surface area contributed by atoms with Crippen molar-refractivity contribution in [3.63, 3.8) is 0 Å². The Labute approximate surface area is 137 Å². The van der Waals surface area contributed by atoms with Gasteiger partial charge in [-0.05, 0) is 24.1 Å². The summed E-state index contributed by atoms with van der Waals surface area (Å²) in [5.74, 6) is -0.518. The van der Waals surface area contributed by atoms with Crippen LogP contribution in [0.1, 0.15) is 31.8 Å². The summed E-state index contributed by atoms with van der Waals surface area (Å²) in [7, 11) is -1.42. The van der Waals surface area contributed by atoms with Crippen LogP contribution in [-0.4, -0.2) is 19.9 Å². The average Bonchev–Trinajstić information content (AvgIpc) is 2.81. The molecule has 0 aromatic heterocycles. The highest BCUT2D eigenvalue weighted by atomic mass is 28.3. The summed E-state index contributed by atoms with van der Waals surface area (Å²) in [6.45, 7) is 4.77. The fourth-order valence-electron chi connectivity index (χ4n) is 3.21. The van der Waals surface area contributed by atoms with Gasteiger partial charge < -0.3 is 0 Å². The summed E-state index contributed by atoms with van der Waals surface area (Å²) >= 11 is 0. The van der Waals surface area contributed by atoms with Crippen LogP contribution in [0.25, 0.3) is 0 Å². The lowest BCUT2D eigenvalue weighted by Crippen LogP contribution is -2.30. The van der Waals surface area contributed by atoms with Gasteiger partial charge in [-0.15, -0.1) is 0 Å². The molecular formula is C19H21NO2Si. The summed E-state index contributed by atoms with van der Waals surface area (Å²) in [6, 6.07) is 18.4. The molecule has 0 saturated heterocycles. The molecular weight excluding hydrogens is 302 g/mol. The summed E-state index contributed by atoms with van der Waals surface area (Å²) in [6.07, 6.45) is 0.857. The first-order valence-corrected chi connectivity index (χ1v) is 11.4. The van der Waals surface area contributed by atoms with Crippen LogP contribution >= 0.6 is 0 Å². The molecule has 0 bridgehead atoms. The molecule has 2 aromatic carbocycles. The lowest BCUT2D eigenvalue weighted by atomic mass is 10.0. The first-order chi connectivity index (χ1) is 11.0. The zero-order valence-electron chi connectivity index (χ0n) is 13.6. The molecule has 0 spiro atoms. The monoisotopic (exact) mass is 323 g/mol. The van der Waals surface area contributed by atoms with Gasteiger partial charge in [0.15, 0.2) is 0 Å². The average molecular weight is 323 g/mol. The van der Waals surface area contributed by atoms with Crippen molar-refractivity contribution >= 4 is 19.9 Å². The zero-order chi connectivity index (χ0) is 16.4. The smallest absolute Gasteiger partial charge is 0.259 e. The van der Waals surface area contributed by atoms with E-state index in [2.05, 4.69) is 42.7 Å². The third-order valence-corrected chi connectivity index (χ3v) is 7.42. The van der Waals surface area contributed by atoms with Crippen molar-refractivity contribution in [1.29, 1.82) is 0 Å². The quantitative estimate of drug-likeness (QED) is 0.675. The molecule has 2 aromatic rings. The van der Waals surface area contributed by atoms with Crippen LogP contribution in [0.3, 0.4) is 0 Å². The number of carbonyl (C=O) groups is 2. The van der Waals surface area contributed by atoms with Crippen LogP contribution in [0.15, 0.2) is 48.5 Å². The van der Waals surface area contributed by atoms with Crippen molar-refractivity contribution in [1.82, 2.24) is 5.32 Å². The number of imide groups is 1. The molecule has 0 aliphatic carbocycles. The van der Waals surface area contributed by atoms with E-state index in [0.29, 0.717) is 11.1 Å². The number of aryl methyl sites for hydroxylation is 1. The second-order valence-corrected chi connectivity index (χ2v) is 12.1. The number of amides is 2. The van der Waals surface area contributed by atoms with E-state index in [9.17, 15) is 9.59 Å². The van der Waals surface area contributed by atoms with Crippen LogP contribution in [0.5, 0.6) is 0 Å². The molecule has 3 rings (SSSR count). The molecule has 4 heteroatoms. The fourth-order valence-corrected chi connectivity index (χ4v) is 5.67. The van der Waals surface area contributed by atoms with Gasteiger partial charge in [0.05, 0.1) is 19.2 Å². The standard InChI is InChI=1S/C19H21NO2Si/c1-23(2,13-14-7-4-3-5-8-14)12-11-15-9-6-10-16-17(15)19(22)20-18(16)21/h3-10H,11-13H2,1-2H3,(H,20,21,22). The van der Waals surface area contributed by atoms with Gasteiger partial charge in [-0.3, -0.25) is 14.9 Å². The lowest BCUT2D eigenvalue weighted by Gasteiger charge is -2.23. The van der Waals surface area contributed by atoms with Crippen molar-refractivity contribution in [2.45, 2.75) is 31.6 Å². The van der Waals surface area contributed by atoms with Crippen LogP contribution in [0.2, 0.25) is 19.1 Å². The van der Waals surface area contributed by atoms with Gasteiger partial charge >= 0.3 is 0 Å². The normalized spacial score (nSPS) is 13.8. The maximum absolute atomic E-state index is 12.0. The maximum Gasteiger partial charge on any atom is 0.259 e. The third-order valence-electron chi connectivity index (χ3n) is 4.45. The minimum atomic E-state index is -1.42. The minimum Gasteiger partial charge on any atom is -0.288 e. The van der Waals surface area contributed by atoms with E-state index in [1.807, 2.05) is 18.2 Å². The topological polar surface area (TPSA) is 46.2 Å². The predicted octanol–water partition coefficient (Wildman–Crippen LogP) is 3.60. The molecule has 1 heterocycles. The zero-order valence-corrected chi connectivity index (χ0v) is 14.6. The molecule has 2 amide bonds. The lowest BCUT2D eigenvalue weighted by molar-refractivity contribution is 0.0879. The van der Waals surface area contributed by atoms with E-state index < -0.39 is 8.07 Å². The second-order valence-electron chi connectivity index (χ2n) is 6.95. The molecule has 0 unspecified atom stereocenters. The highest BCUT2D eigenvalue weighted by Crippen LogP contribution is 2.25. The van der Waals surface area contributed by atoms with E-state index >= 15 is 0 Å². The summed E-state index contributed by atoms with van der Waals surface area (Å²) in [5, 5.41) is 2.39. The SMILES string of the molecule is C[Si](C)(CCc1cccc2c1C(=O)NC2=O)Cc1ccccc1. The number of hydrogen-bond donors (Lipinski definition) is 1. The molecule has 0 atom stereocenters. The molecule has 1 aliphatic rings. The molecule has 23 heavy (non-hydrogen) atoms. The molecule has 1 aliphatic heterocycles. The Hall–Kier alpha value is -2.20. The van der Waals surface area contributed by atoms with Gasteiger partial charge in [0.2, 0.25) is 0 Å². The van der Waals surface area contributed by atoms with Gasteiger partial charge in [0, 0.05) is 0 Å². The number of hydrogen-bond acceptors (Lipinski definition) is 2. The Balaban J connectivity index is 1.74. The molecule has 0 fully saturated rings. The molecule has 0 saturated carbocycles. The molecule has 3 nitrogen and oxygen atoms in total. The molecule has 1 N–H and O–H groups in total. The first-order valence-electron chi connectivity index (χ1n) is 7.98. The number of fused-ring (bicyclic) bond motifs is 1. The summed E-state index contributed by atoms with van der Waals surface area (Å²) < 4.78 is 0. The Kier molecular flexibility index (Phi) is 4.18. The number of benzene rings is 2. The Morgan fingerprint density at radius 2 is 1.65 bits per heavy atom. The largest absolute Gasteiger partial charge is 0.288 e. The predicted molar refractivity (Wildman–Crippen MR) is 94.4 cm³/mol. The van der Waals surface area contributed by atoms with Crippen molar-refractivity contribution in [2.75, 3.05) is 0 Å². The van der Waals surface area contributed by atoms with Gasteiger partial charge in [-0.1, -0.05) is 67.2 Å².